The highest BCUT2D eigenvalue weighted by molar-refractivity contribution is 5.79. The van der Waals surface area contributed by atoms with Crippen LogP contribution in [0.4, 0.5) is 11.6 Å². The Morgan fingerprint density at radius 3 is 2.21 bits per heavy atom. The van der Waals surface area contributed by atoms with Gasteiger partial charge in [0.1, 0.15) is 18.0 Å². The molecule has 14 heavy (non-hydrogen) atoms. The van der Waals surface area contributed by atoms with Crippen LogP contribution < -0.4 is 11.5 Å². The molecule has 70 valence electrons. The molecule has 2 rings (SSSR count). The number of hydrogen-bond acceptors (Lipinski definition) is 5. The van der Waals surface area contributed by atoms with Crippen molar-refractivity contribution in [3.63, 3.8) is 0 Å². The lowest BCUT2D eigenvalue weighted by molar-refractivity contribution is 1.18. The van der Waals surface area contributed by atoms with Gasteiger partial charge in [-0.15, -0.1) is 0 Å². The van der Waals surface area contributed by atoms with Crippen molar-refractivity contribution in [3.05, 3.63) is 30.7 Å². The first-order chi connectivity index (χ1) is 6.79. The predicted molar refractivity (Wildman–Crippen MR) is 54.1 cm³/mol. The molecular weight excluding hydrogens is 178 g/mol. The molecule has 0 saturated heterocycles. The van der Waals surface area contributed by atoms with E-state index >= 15 is 0 Å². The fourth-order valence-electron chi connectivity index (χ4n) is 1.19. The van der Waals surface area contributed by atoms with Gasteiger partial charge in [-0.2, -0.15) is 0 Å². The quantitative estimate of drug-likeness (QED) is 0.685. The van der Waals surface area contributed by atoms with Crippen molar-refractivity contribution in [3.8, 4) is 11.3 Å². The predicted octanol–water partition coefficient (Wildman–Crippen LogP) is 0.703. The minimum Gasteiger partial charge on any atom is -0.383 e. The molecule has 0 aliphatic carbocycles. The van der Waals surface area contributed by atoms with E-state index in [0.29, 0.717) is 22.9 Å². The van der Waals surface area contributed by atoms with E-state index in [4.69, 9.17) is 11.5 Å². The number of nitrogens with zero attached hydrogens (tertiary/aromatic N) is 3. The first-order valence-electron chi connectivity index (χ1n) is 4.06. The molecule has 0 aromatic carbocycles. The molecule has 0 amide bonds. The SMILES string of the molecule is Nc1ncnc(N)c1-c1ccccn1. The molecule has 2 aromatic rings. The fraction of sp³-hybridized carbons (Fsp3) is 0. The summed E-state index contributed by atoms with van der Waals surface area (Å²) in [4.78, 5) is 11.9. The van der Waals surface area contributed by atoms with Crippen LogP contribution in [0.15, 0.2) is 30.7 Å². The Bertz CT molecular complexity index is 420. The van der Waals surface area contributed by atoms with Gasteiger partial charge < -0.3 is 11.5 Å². The smallest absolute Gasteiger partial charge is 0.138 e. The zero-order chi connectivity index (χ0) is 9.97. The van der Waals surface area contributed by atoms with Crippen LogP contribution in [0, 0.1) is 0 Å². The summed E-state index contributed by atoms with van der Waals surface area (Å²) in [6.07, 6.45) is 3.00. The van der Waals surface area contributed by atoms with Gasteiger partial charge in [0.15, 0.2) is 0 Å². The number of rotatable bonds is 1. The highest BCUT2D eigenvalue weighted by atomic mass is 15.0. The summed E-state index contributed by atoms with van der Waals surface area (Å²) < 4.78 is 0. The van der Waals surface area contributed by atoms with Crippen LogP contribution in [0.5, 0.6) is 0 Å². The van der Waals surface area contributed by atoms with Gasteiger partial charge in [0.2, 0.25) is 0 Å². The molecule has 2 aromatic heterocycles. The van der Waals surface area contributed by atoms with Crippen LogP contribution >= 0.6 is 0 Å². The minimum atomic E-state index is 0.344. The summed E-state index contributed by atoms with van der Waals surface area (Å²) >= 11 is 0. The third-order valence-corrected chi connectivity index (χ3v) is 1.83. The van der Waals surface area contributed by atoms with Gasteiger partial charge in [-0.1, -0.05) is 6.07 Å². The highest BCUT2D eigenvalue weighted by Gasteiger charge is 2.09. The van der Waals surface area contributed by atoms with Gasteiger partial charge in [0.05, 0.1) is 11.3 Å². The Balaban J connectivity index is 2.63. The molecule has 0 aliphatic heterocycles. The molecule has 5 heteroatoms. The van der Waals surface area contributed by atoms with Crippen LogP contribution in [0.25, 0.3) is 11.3 Å². The number of anilines is 2. The number of nitrogens with two attached hydrogens (primary N) is 2. The van der Waals surface area contributed by atoms with E-state index in [2.05, 4.69) is 15.0 Å². The van der Waals surface area contributed by atoms with E-state index in [1.54, 1.807) is 6.20 Å². The first kappa shape index (κ1) is 8.43. The summed E-state index contributed by atoms with van der Waals surface area (Å²) in [5, 5.41) is 0. The largest absolute Gasteiger partial charge is 0.383 e. The summed E-state index contributed by atoms with van der Waals surface area (Å²) in [7, 11) is 0. The second kappa shape index (κ2) is 3.29. The minimum absolute atomic E-state index is 0.344. The molecule has 0 bridgehead atoms. The maximum atomic E-state index is 5.68. The van der Waals surface area contributed by atoms with Gasteiger partial charge in [-0.3, -0.25) is 4.98 Å². The topological polar surface area (TPSA) is 90.7 Å². The van der Waals surface area contributed by atoms with Crippen LogP contribution in [-0.4, -0.2) is 15.0 Å². The maximum absolute atomic E-state index is 5.68. The Hall–Kier alpha value is -2.17. The van der Waals surface area contributed by atoms with Gasteiger partial charge in [0.25, 0.3) is 0 Å². The Labute approximate surface area is 80.8 Å². The lowest BCUT2D eigenvalue weighted by Gasteiger charge is -2.05. The molecule has 4 N–H and O–H groups in total. The zero-order valence-corrected chi connectivity index (χ0v) is 7.38. The summed E-state index contributed by atoms with van der Waals surface area (Å²) in [5.74, 6) is 0.687. The molecule has 0 radical (unpaired) electrons. The number of hydrogen-bond donors (Lipinski definition) is 2. The Morgan fingerprint density at radius 1 is 0.929 bits per heavy atom. The van der Waals surface area contributed by atoms with Crippen molar-refractivity contribution in [2.24, 2.45) is 0 Å². The first-order valence-corrected chi connectivity index (χ1v) is 4.06. The number of aromatic nitrogens is 3. The molecule has 0 saturated carbocycles. The Morgan fingerprint density at radius 2 is 1.64 bits per heavy atom. The van der Waals surface area contributed by atoms with Crippen molar-refractivity contribution in [1.82, 2.24) is 15.0 Å². The normalized spacial score (nSPS) is 10.0. The summed E-state index contributed by atoms with van der Waals surface area (Å²) in [5.41, 5.74) is 12.6. The third-order valence-electron chi connectivity index (χ3n) is 1.83. The standard InChI is InChI=1S/C9H9N5/c10-8-7(9(11)14-5-13-8)6-3-1-2-4-12-6/h1-5H,(H4,10,11,13,14). The Kier molecular flexibility index (Phi) is 1.98. The van der Waals surface area contributed by atoms with Crippen molar-refractivity contribution in [2.45, 2.75) is 0 Å². The van der Waals surface area contributed by atoms with Crippen molar-refractivity contribution in [1.29, 1.82) is 0 Å². The molecule has 0 unspecified atom stereocenters. The van der Waals surface area contributed by atoms with E-state index in [0.717, 1.165) is 0 Å². The maximum Gasteiger partial charge on any atom is 0.138 e. The van der Waals surface area contributed by atoms with Crippen molar-refractivity contribution in [2.75, 3.05) is 11.5 Å². The molecule has 0 aliphatic rings. The molecule has 0 fully saturated rings. The molecular formula is C9H9N5. The molecule has 0 spiro atoms. The van der Waals surface area contributed by atoms with E-state index < -0.39 is 0 Å². The lowest BCUT2D eigenvalue weighted by atomic mass is 10.2. The van der Waals surface area contributed by atoms with Gasteiger partial charge >= 0.3 is 0 Å². The number of nitrogen functional groups attached to an aromatic ring is 2. The van der Waals surface area contributed by atoms with Gasteiger partial charge in [-0.05, 0) is 12.1 Å². The average molecular weight is 187 g/mol. The zero-order valence-electron chi connectivity index (χ0n) is 7.38. The lowest BCUT2D eigenvalue weighted by Crippen LogP contribution is -2.02. The van der Waals surface area contributed by atoms with E-state index in [1.807, 2.05) is 18.2 Å². The second-order valence-electron chi connectivity index (χ2n) is 2.73. The van der Waals surface area contributed by atoms with Crippen LogP contribution in [0.1, 0.15) is 0 Å². The average Bonchev–Trinajstić information content (AvgIpc) is 2.19. The van der Waals surface area contributed by atoms with Gasteiger partial charge in [-0.25, -0.2) is 9.97 Å². The van der Waals surface area contributed by atoms with Crippen LogP contribution in [-0.2, 0) is 0 Å². The van der Waals surface area contributed by atoms with Crippen LogP contribution in [0.2, 0.25) is 0 Å². The molecule has 0 atom stereocenters. The van der Waals surface area contributed by atoms with Crippen molar-refractivity contribution >= 4 is 11.6 Å². The van der Waals surface area contributed by atoms with Crippen LogP contribution in [0.3, 0.4) is 0 Å². The highest BCUT2D eigenvalue weighted by Crippen LogP contribution is 2.25. The van der Waals surface area contributed by atoms with E-state index in [-0.39, 0.29) is 0 Å². The third kappa shape index (κ3) is 1.35. The monoisotopic (exact) mass is 187 g/mol. The van der Waals surface area contributed by atoms with E-state index in [1.165, 1.54) is 6.33 Å². The van der Waals surface area contributed by atoms with E-state index in [9.17, 15) is 0 Å². The second-order valence-corrected chi connectivity index (χ2v) is 2.73. The van der Waals surface area contributed by atoms with Gasteiger partial charge in [0, 0.05) is 6.20 Å². The van der Waals surface area contributed by atoms with Crippen molar-refractivity contribution < 1.29 is 0 Å². The number of pyridine rings is 1. The molecule has 5 nitrogen and oxygen atoms in total. The summed E-state index contributed by atoms with van der Waals surface area (Å²) in [6.45, 7) is 0. The molecule has 2 heterocycles. The fourth-order valence-corrected chi connectivity index (χ4v) is 1.19. The summed E-state index contributed by atoms with van der Waals surface area (Å²) in [6, 6.07) is 5.49.